The van der Waals surface area contributed by atoms with Gasteiger partial charge in [0, 0.05) is 22.8 Å². The van der Waals surface area contributed by atoms with Gasteiger partial charge >= 0.3 is 0 Å². The summed E-state index contributed by atoms with van der Waals surface area (Å²) in [5.41, 5.74) is 1.77. The van der Waals surface area contributed by atoms with Crippen LogP contribution in [0.2, 0.25) is 0 Å². The lowest BCUT2D eigenvalue weighted by molar-refractivity contribution is -0.118. The summed E-state index contributed by atoms with van der Waals surface area (Å²) >= 11 is 1.58. The van der Waals surface area contributed by atoms with Crippen LogP contribution in [0.1, 0.15) is 0 Å². The van der Waals surface area contributed by atoms with Crippen molar-refractivity contribution in [1.29, 1.82) is 0 Å². The predicted molar refractivity (Wildman–Crippen MR) is 106 cm³/mol. The van der Waals surface area contributed by atoms with Crippen LogP contribution in [-0.2, 0) is 4.79 Å². The van der Waals surface area contributed by atoms with E-state index in [1.807, 2.05) is 72.1 Å². The lowest BCUT2D eigenvalue weighted by Gasteiger charge is -2.09. The molecule has 128 valence electrons. The van der Waals surface area contributed by atoms with E-state index in [4.69, 9.17) is 4.74 Å². The molecule has 0 aliphatic heterocycles. The first-order valence-electron chi connectivity index (χ1n) is 8.19. The monoisotopic (exact) mass is 360 g/mol. The zero-order chi connectivity index (χ0) is 17.8. The van der Waals surface area contributed by atoms with Gasteiger partial charge in [-0.2, -0.15) is 0 Å². The average molecular weight is 360 g/mol. The molecular weight excluding hydrogens is 344 g/mol. The third-order valence-electron chi connectivity index (χ3n) is 3.94. The molecule has 1 heterocycles. The van der Waals surface area contributed by atoms with Crippen LogP contribution in [0.4, 0.5) is 5.69 Å². The van der Waals surface area contributed by atoms with Gasteiger partial charge in [-0.25, -0.2) is 4.98 Å². The van der Waals surface area contributed by atoms with E-state index in [2.05, 4.69) is 10.3 Å². The van der Waals surface area contributed by atoms with Crippen LogP contribution in [0.5, 0.6) is 5.75 Å². The SMILES string of the molecule is O=C(COc1ccc2ccccc2c1)Nc1ccc(-c2nccs2)cc1. The Balaban J connectivity index is 1.36. The molecule has 1 aromatic heterocycles. The maximum absolute atomic E-state index is 12.1. The van der Waals surface area contributed by atoms with Crippen LogP contribution in [0.15, 0.2) is 78.3 Å². The number of anilines is 1. The molecule has 1 amide bonds. The number of hydrogen-bond donors (Lipinski definition) is 1. The molecule has 26 heavy (non-hydrogen) atoms. The number of amides is 1. The number of rotatable bonds is 5. The molecule has 0 fully saturated rings. The van der Waals surface area contributed by atoms with E-state index in [-0.39, 0.29) is 12.5 Å². The summed E-state index contributed by atoms with van der Waals surface area (Å²) in [6.07, 6.45) is 1.78. The number of nitrogens with zero attached hydrogens (tertiary/aromatic N) is 1. The maximum atomic E-state index is 12.1. The van der Waals surface area contributed by atoms with Crippen molar-refractivity contribution < 1.29 is 9.53 Å². The zero-order valence-corrected chi connectivity index (χ0v) is 14.7. The first kappa shape index (κ1) is 16.3. The number of thiazole rings is 1. The minimum Gasteiger partial charge on any atom is -0.484 e. The Morgan fingerprint density at radius 3 is 2.58 bits per heavy atom. The summed E-state index contributed by atoms with van der Waals surface area (Å²) in [6, 6.07) is 21.5. The van der Waals surface area contributed by atoms with Gasteiger partial charge in [0.2, 0.25) is 0 Å². The van der Waals surface area contributed by atoms with Gasteiger partial charge in [-0.15, -0.1) is 11.3 Å². The average Bonchev–Trinajstić information content (AvgIpc) is 3.22. The topological polar surface area (TPSA) is 51.2 Å². The Kier molecular flexibility index (Phi) is 4.62. The first-order chi connectivity index (χ1) is 12.8. The van der Waals surface area contributed by atoms with Gasteiger partial charge < -0.3 is 10.1 Å². The van der Waals surface area contributed by atoms with E-state index < -0.39 is 0 Å². The summed E-state index contributed by atoms with van der Waals surface area (Å²) in [5, 5.41) is 7.97. The van der Waals surface area contributed by atoms with Crippen LogP contribution < -0.4 is 10.1 Å². The number of carbonyl (C=O) groups excluding carboxylic acids is 1. The van der Waals surface area contributed by atoms with Gasteiger partial charge in [0.15, 0.2) is 6.61 Å². The van der Waals surface area contributed by atoms with Crippen molar-refractivity contribution in [2.45, 2.75) is 0 Å². The highest BCUT2D eigenvalue weighted by molar-refractivity contribution is 7.13. The van der Waals surface area contributed by atoms with Gasteiger partial charge in [0.05, 0.1) is 0 Å². The molecule has 0 spiro atoms. The third kappa shape index (κ3) is 3.73. The second kappa shape index (κ2) is 7.37. The van der Waals surface area contributed by atoms with Crippen molar-refractivity contribution in [3.63, 3.8) is 0 Å². The normalized spacial score (nSPS) is 10.6. The van der Waals surface area contributed by atoms with Crippen LogP contribution in [0.3, 0.4) is 0 Å². The molecule has 0 aliphatic rings. The minimum atomic E-state index is -0.194. The number of nitrogens with one attached hydrogen (secondary N) is 1. The Morgan fingerprint density at radius 2 is 1.81 bits per heavy atom. The van der Waals surface area contributed by atoms with Crippen LogP contribution in [0.25, 0.3) is 21.3 Å². The lowest BCUT2D eigenvalue weighted by Crippen LogP contribution is -2.20. The summed E-state index contributed by atoms with van der Waals surface area (Å²) in [5.74, 6) is 0.484. The Bertz CT molecular complexity index is 1030. The summed E-state index contributed by atoms with van der Waals surface area (Å²) in [6.45, 7) is -0.0351. The number of hydrogen-bond acceptors (Lipinski definition) is 4. The van der Waals surface area contributed by atoms with E-state index in [0.717, 1.165) is 27.0 Å². The van der Waals surface area contributed by atoms with E-state index in [9.17, 15) is 4.79 Å². The molecule has 1 N–H and O–H groups in total. The first-order valence-corrected chi connectivity index (χ1v) is 9.07. The number of aromatic nitrogens is 1. The molecule has 0 radical (unpaired) electrons. The molecule has 4 aromatic rings. The van der Waals surface area contributed by atoms with Crippen LogP contribution >= 0.6 is 11.3 Å². The Labute approximate surface area is 155 Å². The standard InChI is InChI=1S/C21H16N2O2S/c24-20(14-25-19-10-7-15-3-1-2-4-17(15)13-19)23-18-8-5-16(6-9-18)21-22-11-12-26-21/h1-13H,14H2,(H,23,24). The summed E-state index contributed by atoms with van der Waals surface area (Å²) in [7, 11) is 0. The molecule has 0 saturated heterocycles. The van der Waals surface area contributed by atoms with Gasteiger partial charge in [-0.3, -0.25) is 4.79 Å². The van der Waals surface area contributed by atoms with Crippen molar-refractivity contribution in [2.75, 3.05) is 11.9 Å². The van der Waals surface area contributed by atoms with Crippen molar-refractivity contribution in [3.8, 4) is 16.3 Å². The fourth-order valence-electron chi connectivity index (χ4n) is 2.67. The summed E-state index contributed by atoms with van der Waals surface area (Å²) in [4.78, 5) is 16.4. The number of benzene rings is 3. The van der Waals surface area contributed by atoms with Crippen molar-refractivity contribution in [3.05, 3.63) is 78.3 Å². The van der Waals surface area contributed by atoms with Gasteiger partial charge in [-0.05, 0) is 47.2 Å². The highest BCUT2D eigenvalue weighted by Gasteiger charge is 2.06. The molecular formula is C21H16N2O2S. The van der Waals surface area contributed by atoms with Gasteiger partial charge in [0.25, 0.3) is 5.91 Å². The zero-order valence-electron chi connectivity index (χ0n) is 13.9. The molecule has 5 heteroatoms. The van der Waals surface area contributed by atoms with E-state index in [1.165, 1.54) is 0 Å². The highest BCUT2D eigenvalue weighted by Crippen LogP contribution is 2.23. The van der Waals surface area contributed by atoms with Gasteiger partial charge in [-0.1, -0.05) is 30.3 Å². The largest absolute Gasteiger partial charge is 0.484 e. The Morgan fingerprint density at radius 1 is 1.00 bits per heavy atom. The molecule has 4 nitrogen and oxygen atoms in total. The third-order valence-corrected chi connectivity index (χ3v) is 4.76. The summed E-state index contributed by atoms with van der Waals surface area (Å²) < 4.78 is 5.61. The van der Waals surface area contributed by atoms with Crippen molar-refractivity contribution in [2.24, 2.45) is 0 Å². The molecule has 0 bridgehead atoms. The van der Waals surface area contributed by atoms with E-state index >= 15 is 0 Å². The molecule has 3 aromatic carbocycles. The van der Waals surface area contributed by atoms with Crippen LogP contribution in [-0.4, -0.2) is 17.5 Å². The highest BCUT2D eigenvalue weighted by atomic mass is 32.1. The second-order valence-corrected chi connectivity index (χ2v) is 6.65. The number of ether oxygens (including phenoxy) is 1. The lowest BCUT2D eigenvalue weighted by atomic mass is 10.1. The molecule has 0 unspecified atom stereocenters. The van der Waals surface area contributed by atoms with Crippen molar-refractivity contribution in [1.82, 2.24) is 4.98 Å². The maximum Gasteiger partial charge on any atom is 0.262 e. The van der Waals surface area contributed by atoms with Gasteiger partial charge in [0.1, 0.15) is 10.8 Å². The smallest absolute Gasteiger partial charge is 0.262 e. The fourth-order valence-corrected chi connectivity index (χ4v) is 3.31. The molecule has 0 aliphatic carbocycles. The molecule has 0 atom stereocenters. The fraction of sp³-hybridized carbons (Fsp3) is 0.0476. The van der Waals surface area contributed by atoms with Crippen LogP contribution in [0, 0.1) is 0 Å². The Hall–Kier alpha value is -3.18. The minimum absolute atomic E-state index is 0.0351. The molecule has 4 rings (SSSR count). The number of fused-ring (bicyclic) bond motifs is 1. The van der Waals surface area contributed by atoms with E-state index in [0.29, 0.717) is 5.75 Å². The quantitative estimate of drug-likeness (QED) is 0.546. The predicted octanol–water partition coefficient (Wildman–Crippen LogP) is 4.98. The molecule has 0 saturated carbocycles. The second-order valence-electron chi connectivity index (χ2n) is 5.76. The van der Waals surface area contributed by atoms with Crippen molar-refractivity contribution >= 4 is 33.7 Å². The van der Waals surface area contributed by atoms with E-state index in [1.54, 1.807) is 17.5 Å². The number of carbonyl (C=O) groups is 1.